The van der Waals surface area contributed by atoms with E-state index in [9.17, 15) is 9.59 Å². The molecule has 0 spiro atoms. The number of rotatable bonds is 10. The quantitative estimate of drug-likeness (QED) is 0.0903. The summed E-state index contributed by atoms with van der Waals surface area (Å²) in [6, 6.07) is 31.4. The molecule has 4 aromatic carbocycles. The van der Waals surface area contributed by atoms with Crippen LogP contribution in [0.2, 0.25) is 10.0 Å². The van der Waals surface area contributed by atoms with Crippen molar-refractivity contribution >= 4 is 58.8 Å². The molecule has 0 fully saturated rings. The smallest absolute Gasteiger partial charge is 0.349 e. The van der Waals surface area contributed by atoms with Crippen LogP contribution < -0.4 is 25.4 Å². The fourth-order valence-corrected chi connectivity index (χ4v) is 6.60. The molecular formula is C31H27Cl2O4P. The maximum absolute atomic E-state index is 12.5. The van der Waals surface area contributed by atoms with E-state index >= 15 is 0 Å². The third kappa shape index (κ3) is 6.63. The van der Waals surface area contributed by atoms with Gasteiger partial charge in [-0.05, 0) is 54.5 Å². The molecular weight excluding hydrogens is 538 g/mol. The Kier molecular flexibility index (Phi) is 9.58. The monoisotopic (exact) mass is 564 g/mol. The molecule has 0 saturated carbocycles. The van der Waals surface area contributed by atoms with Crippen LogP contribution in [-0.4, -0.2) is 18.4 Å². The van der Waals surface area contributed by atoms with Crippen LogP contribution in [0.3, 0.4) is 0 Å². The van der Waals surface area contributed by atoms with E-state index < -0.39 is 13.9 Å². The van der Waals surface area contributed by atoms with Crippen LogP contribution in [0, 0.1) is 5.92 Å². The molecule has 0 aliphatic rings. The number of esters is 1. The lowest BCUT2D eigenvalue weighted by atomic mass is 9.97. The summed E-state index contributed by atoms with van der Waals surface area (Å²) in [5.74, 6) is -0.221. The average Bonchev–Trinajstić information content (AvgIpc) is 2.95. The number of ketones is 1. The van der Waals surface area contributed by atoms with Gasteiger partial charge in [-0.2, -0.15) is 0 Å². The van der Waals surface area contributed by atoms with E-state index in [0.717, 1.165) is 5.30 Å². The van der Waals surface area contributed by atoms with Gasteiger partial charge in [-0.1, -0.05) is 110 Å². The van der Waals surface area contributed by atoms with Gasteiger partial charge in [-0.25, -0.2) is 4.79 Å². The van der Waals surface area contributed by atoms with Gasteiger partial charge in [0.15, 0.2) is 12.4 Å². The van der Waals surface area contributed by atoms with Crippen LogP contribution in [-0.2, 0) is 4.79 Å². The summed E-state index contributed by atoms with van der Waals surface area (Å²) in [4.78, 5) is 25.0. The molecule has 0 amide bonds. The van der Waals surface area contributed by atoms with E-state index in [4.69, 9.17) is 32.7 Å². The molecule has 4 nitrogen and oxygen atoms in total. The van der Waals surface area contributed by atoms with E-state index in [1.165, 1.54) is 10.6 Å². The zero-order chi connectivity index (χ0) is 27.1. The van der Waals surface area contributed by atoms with Crippen molar-refractivity contribution in [3.05, 3.63) is 113 Å². The Labute approximate surface area is 234 Å². The van der Waals surface area contributed by atoms with Crippen LogP contribution in [0.25, 0.3) is 0 Å². The molecule has 0 saturated heterocycles. The first kappa shape index (κ1) is 27.9. The van der Waals surface area contributed by atoms with Crippen molar-refractivity contribution in [2.75, 3.05) is 6.61 Å². The Bertz CT molecular complexity index is 1350. The van der Waals surface area contributed by atoms with E-state index in [0.29, 0.717) is 17.7 Å². The summed E-state index contributed by atoms with van der Waals surface area (Å²) in [6.07, 6.45) is 0.693. The van der Waals surface area contributed by atoms with Crippen molar-refractivity contribution in [3.63, 3.8) is 0 Å². The standard InChI is InChI=1S/C31H27Cl2O4P/c1-3-21(2)31(35)26-18-19-27(30(33)29(26)32)36-20-28(34)37-22-14-16-25(17-15-22)38(23-10-6-4-7-11-23)24-12-8-5-9-13-24/h4-19,21H,3,20H2,1-2H3. The number of carbonyl (C=O) groups excluding carboxylic acids is 2. The third-order valence-electron chi connectivity index (χ3n) is 6.07. The first-order valence-corrected chi connectivity index (χ1v) is 14.3. The molecule has 4 rings (SSSR count). The van der Waals surface area contributed by atoms with Crippen LogP contribution >= 0.6 is 31.1 Å². The molecule has 4 aromatic rings. The van der Waals surface area contributed by atoms with E-state index in [1.807, 2.05) is 62.4 Å². The number of ether oxygens (including phenoxy) is 2. The first-order chi connectivity index (χ1) is 18.4. The molecule has 0 aromatic heterocycles. The lowest BCUT2D eigenvalue weighted by Crippen LogP contribution is -2.21. The highest BCUT2D eigenvalue weighted by molar-refractivity contribution is 7.79. The van der Waals surface area contributed by atoms with Gasteiger partial charge in [0.25, 0.3) is 0 Å². The van der Waals surface area contributed by atoms with Gasteiger partial charge >= 0.3 is 5.97 Å². The van der Waals surface area contributed by atoms with Crippen molar-refractivity contribution in [1.29, 1.82) is 0 Å². The second-order valence-electron chi connectivity index (χ2n) is 8.68. The maximum atomic E-state index is 12.5. The lowest BCUT2D eigenvalue weighted by molar-refractivity contribution is -0.136. The predicted molar refractivity (Wildman–Crippen MR) is 157 cm³/mol. The minimum Gasteiger partial charge on any atom is -0.480 e. The minimum absolute atomic E-state index is 0.0861. The Morgan fingerprint density at radius 2 is 1.32 bits per heavy atom. The Balaban J connectivity index is 1.42. The van der Waals surface area contributed by atoms with Crippen molar-refractivity contribution in [1.82, 2.24) is 0 Å². The molecule has 0 aliphatic carbocycles. The van der Waals surface area contributed by atoms with Gasteiger partial charge in [0.05, 0.1) is 5.02 Å². The highest BCUT2D eigenvalue weighted by atomic mass is 35.5. The number of hydrogen-bond donors (Lipinski definition) is 0. The maximum Gasteiger partial charge on any atom is 0.349 e. The molecule has 7 heteroatoms. The number of benzene rings is 4. The number of halogens is 2. The molecule has 38 heavy (non-hydrogen) atoms. The molecule has 0 N–H and O–H groups in total. The largest absolute Gasteiger partial charge is 0.480 e. The van der Waals surface area contributed by atoms with Gasteiger partial charge in [-0.15, -0.1) is 0 Å². The summed E-state index contributed by atoms with van der Waals surface area (Å²) >= 11 is 12.6. The normalized spacial score (nSPS) is 11.7. The van der Waals surface area contributed by atoms with Gasteiger partial charge in [0.2, 0.25) is 0 Å². The molecule has 1 unspecified atom stereocenters. The topological polar surface area (TPSA) is 52.6 Å². The van der Waals surface area contributed by atoms with Gasteiger partial charge in [-0.3, -0.25) is 4.79 Å². The summed E-state index contributed by atoms with van der Waals surface area (Å²) in [5, 5.41) is 3.82. The number of carbonyl (C=O) groups is 2. The Hall–Kier alpha value is -3.17. The Morgan fingerprint density at radius 1 is 0.763 bits per heavy atom. The van der Waals surface area contributed by atoms with Gasteiger partial charge in [0, 0.05) is 11.5 Å². The van der Waals surface area contributed by atoms with Crippen molar-refractivity contribution in [2.45, 2.75) is 20.3 Å². The summed E-state index contributed by atoms with van der Waals surface area (Å²) < 4.78 is 11.0. The van der Waals surface area contributed by atoms with Gasteiger partial charge in [0.1, 0.15) is 16.5 Å². The van der Waals surface area contributed by atoms with E-state index in [-0.39, 0.29) is 34.1 Å². The molecule has 0 bridgehead atoms. The van der Waals surface area contributed by atoms with Crippen LogP contribution in [0.1, 0.15) is 30.6 Å². The molecule has 1 atom stereocenters. The van der Waals surface area contributed by atoms with Crippen molar-refractivity contribution < 1.29 is 19.1 Å². The van der Waals surface area contributed by atoms with Crippen LogP contribution in [0.4, 0.5) is 0 Å². The highest BCUT2D eigenvalue weighted by Crippen LogP contribution is 2.36. The lowest BCUT2D eigenvalue weighted by Gasteiger charge is -2.19. The zero-order valence-electron chi connectivity index (χ0n) is 21.1. The fraction of sp³-hybridized carbons (Fsp3) is 0.161. The fourth-order valence-electron chi connectivity index (χ4n) is 3.85. The first-order valence-electron chi connectivity index (χ1n) is 12.2. The van der Waals surface area contributed by atoms with E-state index in [1.54, 1.807) is 24.3 Å². The third-order valence-corrected chi connectivity index (χ3v) is 9.38. The summed E-state index contributed by atoms with van der Waals surface area (Å²) in [7, 11) is -0.752. The van der Waals surface area contributed by atoms with Crippen LogP contribution in [0.5, 0.6) is 11.5 Å². The molecule has 194 valence electrons. The van der Waals surface area contributed by atoms with Crippen molar-refractivity contribution in [2.24, 2.45) is 5.92 Å². The second-order valence-corrected chi connectivity index (χ2v) is 11.7. The molecule has 0 heterocycles. The SMILES string of the molecule is CCC(C)C(=O)c1ccc(OCC(=O)Oc2ccc(P(c3ccccc3)c3ccccc3)cc2)c(Cl)c1Cl. The zero-order valence-corrected chi connectivity index (χ0v) is 23.5. The van der Waals surface area contributed by atoms with Crippen LogP contribution in [0.15, 0.2) is 97.1 Å². The second kappa shape index (κ2) is 13.1. The number of Topliss-reactive ketones (excluding diaryl/α,β-unsaturated/α-hetero) is 1. The summed E-state index contributed by atoms with van der Waals surface area (Å²) in [5.41, 5.74) is 0.340. The van der Waals surface area contributed by atoms with E-state index in [2.05, 4.69) is 24.3 Å². The number of hydrogen-bond acceptors (Lipinski definition) is 4. The predicted octanol–water partition coefficient (Wildman–Crippen LogP) is 6.96. The average molecular weight is 565 g/mol. The highest BCUT2D eigenvalue weighted by Gasteiger charge is 2.21. The Morgan fingerprint density at radius 3 is 1.87 bits per heavy atom. The minimum atomic E-state index is -0.752. The summed E-state index contributed by atoms with van der Waals surface area (Å²) in [6.45, 7) is 3.40. The molecule has 0 radical (unpaired) electrons. The molecule has 0 aliphatic heterocycles. The van der Waals surface area contributed by atoms with Crippen molar-refractivity contribution in [3.8, 4) is 11.5 Å². The van der Waals surface area contributed by atoms with Gasteiger partial charge < -0.3 is 9.47 Å².